The number of anilines is 2. The number of hydrogen-bond donors (Lipinski definition) is 1. The molecular formula is C30H29N3O3. The molecule has 1 aliphatic rings. The molecule has 0 atom stereocenters. The third-order valence-corrected chi connectivity index (χ3v) is 6.06. The molecule has 3 aromatic carbocycles. The van der Waals surface area contributed by atoms with E-state index in [9.17, 15) is 14.4 Å². The van der Waals surface area contributed by atoms with Crippen molar-refractivity contribution in [3.05, 3.63) is 114 Å². The normalized spacial score (nSPS) is 14.1. The van der Waals surface area contributed by atoms with E-state index >= 15 is 0 Å². The van der Waals surface area contributed by atoms with E-state index < -0.39 is 5.91 Å². The number of ketones is 1. The molecule has 6 nitrogen and oxygen atoms in total. The van der Waals surface area contributed by atoms with Crippen molar-refractivity contribution in [3.8, 4) is 0 Å². The molecule has 0 radical (unpaired) electrons. The number of carbonyl (C=O) groups is 3. The number of amides is 2. The van der Waals surface area contributed by atoms with E-state index in [1.165, 1.54) is 0 Å². The van der Waals surface area contributed by atoms with Gasteiger partial charge in [0.25, 0.3) is 11.8 Å². The van der Waals surface area contributed by atoms with Crippen LogP contribution in [0.25, 0.3) is 6.08 Å². The van der Waals surface area contributed by atoms with Crippen molar-refractivity contribution in [2.45, 2.75) is 6.92 Å². The molecule has 4 rings (SSSR count). The van der Waals surface area contributed by atoms with Crippen molar-refractivity contribution < 1.29 is 14.4 Å². The van der Waals surface area contributed by atoms with Gasteiger partial charge in [0.05, 0.1) is 0 Å². The van der Waals surface area contributed by atoms with Crippen LogP contribution in [0.1, 0.15) is 22.8 Å². The van der Waals surface area contributed by atoms with Crippen molar-refractivity contribution in [1.82, 2.24) is 4.90 Å². The van der Waals surface area contributed by atoms with Gasteiger partial charge in [-0.05, 0) is 55.0 Å². The highest BCUT2D eigenvalue weighted by Crippen LogP contribution is 2.19. The fourth-order valence-electron chi connectivity index (χ4n) is 4.03. The summed E-state index contributed by atoms with van der Waals surface area (Å²) in [5.41, 5.74) is 3.39. The zero-order valence-electron chi connectivity index (χ0n) is 20.3. The maximum atomic E-state index is 13.4. The first kappa shape index (κ1) is 24.7. The van der Waals surface area contributed by atoms with Gasteiger partial charge in [-0.2, -0.15) is 0 Å². The Morgan fingerprint density at radius 3 is 2.00 bits per heavy atom. The molecule has 36 heavy (non-hydrogen) atoms. The molecule has 0 unspecified atom stereocenters. The van der Waals surface area contributed by atoms with E-state index in [0.717, 1.165) is 11.3 Å². The fraction of sp³-hybridized carbons (Fsp3) is 0.167. The van der Waals surface area contributed by atoms with Crippen molar-refractivity contribution >= 4 is 35.0 Å². The van der Waals surface area contributed by atoms with Gasteiger partial charge in [-0.25, -0.2) is 0 Å². The fourth-order valence-corrected chi connectivity index (χ4v) is 4.03. The van der Waals surface area contributed by atoms with Crippen LogP contribution in [0.3, 0.4) is 0 Å². The molecule has 1 aliphatic heterocycles. The van der Waals surface area contributed by atoms with Crippen LogP contribution < -0.4 is 10.2 Å². The molecule has 1 fully saturated rings. The highest BCUT2D eigenvalue weighted by molar-refractivity contribution is 6.23. The summed E-state index contributed by atoms with van der Waals surface area (Å²) in [6, 6.07) is 26.3. The van der Waals surface area contributed by atoms with Gasteiger partial charge in [-0.1, -0.05) is 60.7 Å². The summed E-state index contributed by atoms with van der Waals surface area (Å²) in [4.78, 5) is 42.0. The Morgan fingerprint density at radius 2 is 1.39 bits per heavy atom. The molecule has 1 saturated heterocycles. The monoisotopic (exact) mass is 479 g/mol. The molecule has 1 N–H and O–H groups in total. The molecule has 1 heterocycles. The number of piperazine rings is 1. The first-order valence-corrected chi connectivity index (χ1v) is 12.0. The lowest BCUT2D eigenvalue weighted by molar-refractivity contribution is -0.129. The molecule has 2 amide bonds. The van der Waals surface area contributed by atoms with Crippen molar-refractivity contribution in [3.63, 3.8) is 0 Å². The summed E-state index contributed by atoms with van der Waals surface area (Å²) < 4.78 is 0. The number of carbonyl (C=O) groups excluding carboxylic acids is 3. The number of rotatable bonds is 7. The molecule has 3 aromatic rings. The Labute approximate surface area is 211 Å². The topological polar surface area (TPSA) is 69.7 Å². The highest BCUT2D eigenvalue weighted by Gasteiger charge is 2.27. The van der Waals surface area contributed by atoms with Crippen LogP contribution in [-0.4, -0.2) is 48.7 Å². The zero-order valence-corrected chi connectivity index (χ0v) is 20.3. The highest BCUT2D eigenvalue weighted by atomic mass is 16.2. The van der Waals surface area contributed by atoms with E-state index in [-0.39, 0.29) is 17.3 Å². The quantitative estimate of drug-likeness (QED) is 0.174. The molecule has 0 saturated carbocycles. The van der Waals surface area contributed by atoms with Gasteiger partial charge in [0, 0.05) is 43.1 Å². The second-order valence-electron chi connectivity index (χ2n) is 8.55. The Kier molecular flexibility index (Phi) is 8.08. The van der Waals surface area contributed by atoms with Gasteiger partial charge in [-0.15, -0.1) is 0 Å². The average molecular weight is 480 g/mol. The maximum absolute atomic E-state index is 13.4. The van der Waals surface area contributed by atoms with Crippen molar-refractivity contribution in [2.24, 2.45) is 0 Å². The first-order valence-electron chi connectivity index (χ1n) is 12.0. The Morgan fingerprint density at radius 1 is 0.778 bits per heavy atom. The summed E-state index contributed by atoms with van der Waals surface area (Å²) in [6.45, 7) is 3.81. The van der Waals surface area contributed by atoms with Crippen LogP contribution in [0.4, 0.5) is 11.4 Å². The number of para-hydroxylation sites is 1. The minimum Gasteiger partial charge on any atom is -0.368 e. The first-order chi connectivity index (χ1) is 17.5. The van der Waals surface area contributed by atoms with Crippen LogP contribution >= 0.6 is 0 Å². The number of Topliss-reactive ketones (excluding diaryl/α,β-unsaturated/α-hetero) is 1. The predicted octanol–water partition coefficient (Wildman–Crippen LogP) is 4.82. The molecule has 6 heteroatoms. The van der Waals surface area contributed by atoms with Crippen molar-refractivity contribution in [1.29, 1.82) is 0 Å². The van der Waals surface area contributed by atoms with Crippen molar-refractivity contribution in [2.75, 3.05) is 36.4 Å². The summed E-state index contributed by atoms with van der Waals surface area (Å²) in [5.74, 6) is -0.703. The summed E-state index contributed by atoms with van der Waals surface area (Å²) in [7, 11) is 0. The number of hydrogen-bond acceptors (Lipinski definition) is 4. The third-order valence-electron chi connectivity index (χ3n) is 6.06. The van der Waals surface area contributed by atoms with E-state index in [0.29, 0.717) is 37.4 Å². The number of nitrogens with one attached hydrogen (secondary N) is 1. The summed E-state index contributed by atoms with van der Waals surface area (Å²) >= 11 is 0. The average Bonchev–Trinajstić information content (AvgIpc) is 2.92. The van der Waals surface area contributed by atoms with Crippen LogP contribution in [-0.2, 0) is 9.59 Å². The Hall–Kier alpha value is -4.45. The predicted molar refractivity (Wildman–Crippen MR) is 144 cm³/mol. The van der Waals surface area contributed by atoms with Gasteiger partial charge >= 0.3 is 0 Å². The molecular weight excluding hydrogens is 450 g/mol. The van der Waals surface area contributed by atoms with Crippen LogP contribution in [0.2, 0.25) is 0 Å². The smallest absolute Gasteiger partial charge is 0.261 e. The van der Waals surface area contributed by atoms with Gasteiger partial charge in [0.1, 0.15) is 5.57 Å². The number of nitrogens with zero attached hydrogens (tertiary/aromatic N) is 2. The molecule has 0 aromatic heterocycles. The minimum atomic E-state index is -0.439. The minimum absolute atomic E-state index is 0.0337. The molecule has 0 aliphatic carbocycles. The van der Waals surface area contributed by atoms with Gasteiger partial charge < -0.3 is 15.1 Å². The SMILES string of the molecule is CC(=O)c1ccc(N2CCN(C(=O)C(=CC=Cc3ccccc3)C(=O)Nc3ccccc3)CC2)cc1. The Balaban J connectivity index is 1.47. The number of allylic oxidation sites excluding steroid dienone is 2. The maximum Gasteiger partial charge on any atom is 0.261 e. The molecule has 182 valence electrons. The summed E-state index contributed by atoms with van der Waals surface area (Å²) in [5, 5.41) is 2.83. The molecule has 0 bridgehead atoms. The summed E-state index contributed by atoms with van der Waals surface area (Å²) in [6.07, 6.45) is 5.19. The van der Waals surface area contributed by atoms with Gasteiger partial charge in [-0.3, -0.25) is 14.4 Å². The van der Waals surface area contributed by atoms with Crippen LogP contribution in [0.5, 0.6) is 0 Å². The lowest BCUT2D eigenvalue weighted by atomic mass is 10.1. The lowest BCUT2D eigenvalue weighted by Gasteiger charge is -2.36. The zero-order chi connectivity index (χ0) is 25.3. The van der Waals surface area contributed by atoms with Gasteiger partial charge in [0.2, 0.25) is 0 Å². The standard InChI is InChI=1S/C30H29N3O3/c1-23(34)25-15-17-27(18-16-25)32-19-21-33(22-20-32)30(36)28(14-8-11-24-9-4-2-5-10-24)29(35)31-26-12-6-3-7-13-26/h2-18H,19-22H2,1H3,(H,31,35). The largest absolute Gasteiger partial charge is 0.368 e. The van der Waals surface area contributed by atoms with E-state index in [1.807, 2.05) is 78.9 Å². The molecule has 0 spiro atoms. The van der Waals surface area contributed by atoms with Crippen LogP contribution in [0, 0.1) is 0 Å². The second kappa shape index (κ2) is 11.8. The van der Waals surface area contributed by atoms with Gasteiger partial charge in [0.15, 0.2) is 5.78 Å². The second-order valence-corrected chi connectivity index (χ2v) is 8.55. The Bertz CT molecular complexity index is 1260. The number of benzene rings is 3. The lowest BCUT2D eigenvalue weighted by Crippen LogP contribution is -2.50. The third kappa shape index (κ3) is 6.36. The van der Waals surface area contributed by atoms with E-state index in [2.05, 4.69) is 10.2 Å². The van der Waals surface area contributed by atoms with Crippen LogP contribution in [0.15, 0.2) is 103 Å². The van der Waals surface area contributed by atoms with E-state index in [1.54, 1.807) is 36.1 Å². The van der Waals surface area contributed by atoms with E-state index in [4.69, 9.17) is 0 Å².